The molecule has 1 aromatic rings. The van der Waals surface area contributed by atoms with Gasteiger partial charge in [0.15, 0.2) is 6.17 Å². The van der Waals surface area contributed by atoms with E-state index in [9.17, 15) is 22.0 Å². The second-order valence-electron chi connectivity index (χ2n) is 4.65. The highest BCUT2D eigenvalue weighted by Gasteiger charge is 2.58. The molecule has 1 unspecified atom stereocenters. The summed E-state index contributed by atoms with van der Waals surface area (Å²) in [5.41, 5.74) is 7.55. The molecule has 1 aliphatic heterocycles. The molecule has 5 nitrogen and oxygen atoms in total. The number of ether oxygens (including phenoxy) is 1. The van der Waals surface area contributed by atoms with Gasteiger partial charge >= 0.3 is 6.18 Å². The topological polar surface area (TPSA) is 86.5 Å². The Morgan fingerprint density at radius 3 is 2.48 bits per heavy atom. The monoisotopic (exact) mass is 310 g/mol. The summed E-state index contributed by atoms with van der Waals surface area (Å²) in [6, 6.07) is 1.04. The molecule has 0 aromatic carbocycles. The van der Waals surface area contributed by atoms with E-state index in [4.69, 9.17) is 11.5 Å². The molecule has 0 amide bonds. The Morgan fingerprint density at radius 2 is 1.90 bits per heavy atom. The third kappa shape index (κ3) is 2.57. The van der Waals surface area contributed by atoms with E-state index < -0.39 is 41.5 Å². The number of amidine groups is 1. The van der Waals surface area contributed by atoms with Gasteiger partial charge in [-0.2, -0.15) is 13.2 Å². The molecule has 0 fully saturated rings. The Labute approximate surface area is 115 Å². The first-order valence-electron chi connectivity index (χ1n) is 5.71. The van der Waals surface area contributed by atoms with Crippen LogP contribution in [0.1, 0.15) is 12.6 Å². The molecule has 1 aliphatic rings. The van der Waals surface area contributed by atoms with E-state index in [1.807, 2.05) is 0 Å². The van der Waals surface area contributed by atoms with E-state index in [2.05, 4.69) is 14.7 Å². The number of hydrogen-bond donors (Lipinski definition) is 2. The van der Waals surface area contributed by atoms with E-state index in [0.29, 0.717) is 0 Å². The number of hydrogen-bond acceptors (Lipinski definition) is 5. The summed E-state index contributed by atoms with van der Waals surface area (Å²) >= 11 is 0. The number of rotatable bonds is 1. The van der Waals surface area contributed by atoms with Gasteiger partial charge in [0.05, 0.1) is 0 Å². The lowest BCUT2D eigenvalue weighted by molar-refractivity contribution is -0.227. The maximum Gasteiger partial charge on any atom is 0.428 e. The van der Waals surface area contributed by atoms with E-state index >= 15 is 0 Å². The van der Waals surface area contributed by atoms with Crippen LogP contribution in [0.15, 0.2) is 17.1 Å². The zero-order valence-corrected chi connectivity index (χ0v) is 10.7. The summed E-state index contributed by atoms with van der Waals surface area (Å²) in [6.07, 6.45) is -10.7. The van der Waals surface area contributed by atoms with E-state index in [1.165, 1.54) is 0 Å². The van der Waals surface area contributed by atoms with Gasteiger partial charge < -0.3 is 16.2 Å². The summed E-state index contributed by atoms with van der Waals surface area (Å²) in [5.74, 6) is -1.24. The zero-order chi connectivity index (χ0) is 16.0. The van der Waals surface area contributed by atoms with E-state index in [-0.39, 0.29) is 5.82 Å². The highest BCUT2D eigenvalue weighted by Crippen LogP contribution is 2.42. The smallest absolute Gasteiger partial charge is 0.428 e. The molecule has 2 heterocycles. The van der Waals surface area contributed by atoms with Crippen LogP contribution in [-0.4, -0.2) is 29.5 Å². The van der Waals surface area contributed by atoms with E-state index in [0.717, 1.165) is 19.1 Å². The van der Waals surface area contributed by atoms with Crippen molar-refractivity contribution in [1.29, 1.82) is 0 Å². The normalized spacial score (nSPS) is 29.7. The van der Waals surface area contributed by atoms with Crippen molar-refractivity contribution >= 4 is 11.8 Å². The third-order valence-electron chi connectivity index (χ3n) is 3.06. The molecule has 21 heavy (non-hydrogen) atoms. The Morgan fingerprint density at radius 1 is 1.29 bits per heavy atom. The number of aromatic nitrogens is 1. The standard InChI is InChI=1S/C11H11F5N4O/c1-10(7-4(12)2-3-5(17)19-7)6(13)8(11(14,15)16)21-9(18)20-10/h2-3,6,8H,1H3,(H2,17,19)(H2,18,20)/t6-,8?,10-/m0/s1. The molecule has 0 spiro atoms. The molecular weight excluding hydrogens is 299 g/mol. The number of halogens is 5. The van der Waals surface area contributed by atoms with Crippen LogP contribution in [0.4, 0.5) is 27.8 Å². The lowest BCUT2D eigenvalue weighted by atomic mass is 9.87. The van der Waals surface area contributed by atoms with Crippen LogP contribution in [0.3, 0.4) is 0 Å². The zero-order valence-electron chi connectivity index (χ0n) is 10.7. The van der Waals surface area contributed by atoms with Crippen molar-refractivity contribution in [2.75, 3.05) is 5.73 Å². The van der Waals surface area contributed by atoms with Crippen molar-refractivity contribution in [3.63, 3.8) is 0 Å². The minimum Gasteiger partial charge on any atom is -0.449 e. The first-order valence-corrected chi connectivity index (χ1v) is 5.71. The van der Waals surface area contributed by atoms with Crippen LogP contribution in [-0.2, 0) is 10.3 Å². The fourth-order valence-electron chi connectivity index (χ4n) is 2.03. The maximum absolute atomic E-state index is 14.3. The fraction of sp³-hybridized carbons (Fsp3) is 0.455. The van der Waals surface area contributed by atoms with Crippen molar-refractivity contribution in [3.05, 3.63) is 23.6 Å². The van der Waals surface area contributed by atoms with Gasteiger partial charge in [0.25, 0.3) is 6.02 Å². The predicted octanol–water partition coefficient (Wildman–Crippen LogP) is 1.63. The van der Waals surface area contributed by atoms with Crippen molar-refractivity contribution in [2.24, 2.45) is 10.7 Å². The molecule has 0 saturated carbocycles. The quantitative estimate of drug-likeness (QED) is 0.772. The summed E-state index contributed by atoms with van der Waals surface area (Å²) in [5, 5.41) is 0. The minimum atomic E-state index is -5.04. The van der Waals surface area contributed by atoms with Gasteiger partial charge in [-0.1, -0.05) is 0 Å². The van der Waals surface area contributed by atoms with Gasteiger partial charge in [-0.05, 0) is 19.1 Å². The Bertz CT molecular complexity index is 590. The highest BCUT2D eigenvalue weighted by molar-refractivity contribution is 5.73. The largest absolute Gasteiger partial charge is 0.449 e. The first kappa shape index (κ1) is 15.3. The number of anilines is 1. The molecule has 0 bridgehead atoms. The Balaban J connectivity index is 2.58. The number of nitrogen functional groups attached to an aromatic ring is 1. The molecule has 0 aliphatic carbocycles. The fourth-order valence-corrected chi connectivity index (χ4v) is 2.03. The van der Waals surface area contributed by atoms with Crippen molar-refractivity contribution < 1.29 is 26.7 Å². The number of aliphatic imine (C=N–C) groups is 1. The van der Waals surface area contributed by atoms with Gasteiger partial charge in [0, 0.05) is 0 Å². The van der Waals surface area contributed by atoms with Gasteiger partial charge in [-0.3, -0.25) is 0 Å². The van der Waals surface area contributed by atoms with Crippen molar-refractivity contribution in [1.82, 2.24) is 4.98 Å². The first-order chi connectivity index (χ1) is 9.55. The van der Waals surface area contributed by atoms with Gasteiger partial charge in [0.2, 0.25) is 6.10 Å². The van der Waals surface area contributed by atoms with Gasteiger partial charge in [-0.15, -0.1) is 0 Å². The van der Waals surface area contributed by atoms with Crippen LogP contribution in [0.2, 0.25) is 0 Å². The summed E-state index contributed by atoms with van der Waals surface area (Å²) in [6.45, 7) is 0.941. The molecule has 1 aromatic heterocycles. The summed E-state index contributed by atoms with van der Waals surface area (Å²) < 4.78 is 70.7. The average Bonchev–Trinajstić information content (AvgIpc) is 2.35. The molecule has 0 radical (unpaired) electrons. The van der Waals surface area contributed by atoms with Crippen LogP contribution >= 0.6 is 0 Å². The highest BCUT2D eigenvalue weighted by atomic mass is 19.4. The van der Waals surface area contributed by atoms with Crippen LogP contribution in [0.25, 0.3) is 0 Å². The van der Waals surface area contributed by atoms with E-state index in [1.54, 1.807) is 0 Å². The molecule has 0 saturated heterocycles. The number of alkyl halides is 4. The second-order valence-corrected chi connectivity index (χ2v) is 4.65. The summed E-state index contributed by atoms with van der Waals surface area (Å²) in [4.78, 5) is 7.02. The van der Waals surface area contributed by atoms with Gasteiger partial charge in [0.1, 0.15) is 22.9 Å². The predicted molar refractivity (Wildman–Crippen MR) is 63.4 cm³/mol. The minimum absolute atomic E-state index is 0.191. The Kier molecular flexibility index (Phi) is 3.42. The second kappa shape index (κ2) is 4.71. The van der Waals surface area contributed by atoms with Gasteiger partial charge in [-0.25, -0.2) is 18.8 Å². The molecule has 3 atom stereocenters. The Hall–Kier alpha value is -2.13. The van der Waals surface area contributed by atoms with Crippen LogP contribution in [0, 0.1) is 5.82 Å². The number of nitrogens with zero attached hydrogens (tertiary/aromatic N) is 2. The van der Waals surface area contributed by atoms with Crippen molar-refractivity contribution in [3.8, 4) is 0 Å². The van der Waals surface area contributed by atoms with Crippen LogP contribution < -0.4 is 11.5 Å². The lowest BCUT2D eigenvalue weighted by Crippen LogP contribution is -2.55. The molecule has 116 valence electrons. The lowest BCUT2D eigenvalue weighted by Gasteiger charge is -2.38. The maximum atomic E-state index is 14.3. The number of pyridine rings is 1. The molecule has 10 heteroatoms. The molecular formula is C11H11F5N4O. The average molecular weight is 310 g/mol. The third-order valence-corrected chi connectivity index (χ3v) is 3.06. The van der Waals surface area contributed by atoms with Crippen LogP contribution in [0.5, 0.6) is 0 Å². The molecule has 2 rings (SSSR count). The summed E-state index contributed by atoms with van der Waals surface area (Å²) in [7, 11) is 0. The number of nitrogens with two attached hydrogens (primary N) is 2. The van der Waals surface area contributed by atoms with Crippen molar-refractivity contribution in [2.45, 2.75) is 30.9 Å². The molecule has 4 N–H and O–H groups in total. The SMILES string of the molecule is C[C@]1(c2nc(N)ccc2F)N=C(N)OC(C(F)(F)F)[C@@H]1F.